The van der Waals surface area contributed by atoms with E-state index < -0.39 is 17.7 Å². The van der Waals surface area contributed by atoms with E-state index in [-0.39, 0.29) is 0 Å². The summed E-state index contributed by atoms with van der Waals surface area (Å²) < 4.78 is 10.9. The smallest absolute Gasteiger partial charge is 0.313 e. The second-order valence-corrected chi connectivity index (χ2v) is 3.91. The highest BCUT2D eigenvalue weighted by Gasteiger charge is 2.50. The first-order valence-corrected chi connectivity index (χ1v) is 4.83. The minimum atomic E-state index is -0.849. The highest BCUT2D eigenvalue weighted by Crippen LogP contribution is 2.35. The summed E-state index contributed by atoms with van der Waals surface area (Å²) in [7, 11) is 1.91. The quantitative estimate of drug-likeness (QED) is 0.634. The van der Waals surface area contributed by atoms with E-state index in [1.54, 1.807) is 0 Å². The molecule has 1 atom stereocenters. The molecular weight excluding hydrogens is 186 g/mol. The molecule has 2 saturated heterocycles. The van der Waals surface area contributed by atoms with E-state index in [9.17, 15) is 4.79 Å². The lowest BCUT2D eigenvalue weighted by atomic mass is 9.91. The summed E-state index contributed by atoms with van der Waals surface area (Å²) in [5, 5.41) is 9.09. The fourth-order valence-corrected chi connectivity index (χ4v) is 2.15. The maximum Gasteiger partial charge on any atom is 0.313 e. The first kappa shape index (κ1) is 9.89. The monoisotopic (exact) mass is 201 g/mol. The van der Waals surface area contributed by atoms with Crippen molar-refractivity contribution in [1.82, 2.24) is 4.90 Å². The van der Waals surface area contributed by atoms with Gasteiger partial charge in [-0.25, -0.2) is 0 Å². The standard InChI is InChI=1S/C9H15NO4/c1-10-3-2-9(13-4-5-14-9)7(6-10)8(11)12/h7H,2-6H2,1H3,(H,11,12). The predicted molar refractivity (Wildman–Crippen MR) is 47.9 cm³/mol. The van der Waals surface area contributed by atoms with Crippen LogP contribution in [0.3, 0.4) is 0 Å². The largest absolute Gasteiger partial charge is 0.481 e. The number of nitrogens with zero attached hydrogens (tertiary/aromatic N) is 1. The molecule has 2 aliphatic heterocycles. The number of ether oxygens (including phenoxy) is 2. The van der Waals surface area contributed by atoms with E-state index in [1.807, 2.05) is 11.9 Å². The van der Waals surface area contributed by atoms with Crippen LogP contribution in [0.15, 0.2) is 0 Å². The minimum Gasteiger partial charge on any atom is -0.481 e. The Morgan fingerprint density at radius 3 is 2.71 bits per heavy atom. The lowest BCUT2D eigenvalue weighted by Gasteiger charge is -2.40. The Morgan fingerprint density at radius 1 is 1.50 bits per heavy atom. The number of hydrogen-bond acceptors (Lipinski definition) is 4. The van der Waals surface area contributed by atoms with Gasteiger partial charge in [0.2, 0.25) is 0 Å². The highest BCUT2D eigenvalue weighted by molar-refractivity contribution is 5.71. The van der Waals surface area contributed by atoms with Gasteiger partial charge in [0.05, 0.1) is 13.2 Å². The van der Waals surface area contributed by atoms with Crippen LogP contribution in [-0.2, 0) is 14.3 Å². The molecule has 5 heteroatoms. The number of likely N-dealkylation sites (tertiary alicyclic amines) is 1. The van der Waals surface area contributed by atoms with Crippen LogP contribution in [0.25, 0.3) is 0 Å². The molecule has 5 nitrogen and oxygen atoms in total. The molecule has 0 radical (unpaired) electrons. The van der Waals surface area contributed by atoms with Crippen molar-refractivity contribution in [2.45, 2.75) is 12.2 Å². The van der Waals surface area contributed by atoms with Gasteiger partial charge in [-0.05, 0) is 7.05 Å². The third kappa shape index (κ3) is 1.51. The zero-order valence-corrected chi connectivity index (χ0v) is 8.23. The normalized spacial score (nSPS) is 32.2. The molecule has 1 spiro atoms. The van der Waals surface area contributed by atoms with Crippen molar-refractivity contribution in [2.24, 2.45) is 5.92 Å². The van der Waals surface area contributed by atoms with E-state index in [4.69, 9.17) is 14.6 Å². The average Bonchev–Trinajstić information content (AvgIpc) is 2.59. The molecule has 0 aliphatic carbocycles. The first-order valence-electron chi connectivity index (χ1n) is 4.83. The van der Waals surface area contributed by atoms with Crippen molar-refractivity contribution in [2.75, 3.05) is 33.4 Å². The van der Waals surface area contributed by atoms with E-state index >= 15 is 0 Å². The Hall–Kier alpha value is -0.650. The Labute approximate surface area is 82.6 Å². The Morgan fingerprint density at radius 2 is 2.14 bits per heavy atom. The van der Waals surface area contributed by atoms with E-state index in [0.29, 0.717) is 26.2 Å². The van der Waals surface area contributed by atoms with Crippen LogP contribution in [0, 0.1) is 5.92 Å². The molecular formula is C9H15NO4. The van der Waals surface area contributed by atoms with Crippen molar-refractivity contribution in [1.29, 1.82) is 0 Å². The fourth-order valence-electron chi connectivity index (χ4n) is 2.15. The summed E-state index contributed by atoms with van der Waals surface area (Å²) in [6.45, 7) is 2.33. The molecule has 0 aromatic carbocycles. The number of carbonyl (C=O) groups is 1. The number of carboxylic acid groups (broad SMARTS) is 1. The van der Waals surface area contributed by atoms with Crippen LogP contribution >= 0.6 is 0 Å². The van der Waals surface area contributed by atoms with E-state index in [1.165, 1.54) is 0 Å². The Balaban J connectivity index is 2.17. The third-order valence-electron chi connectivity index (χ3n) is 2.94. The summed E-state index contributed by atoms with van der Waals surface area (Å²) in [6.07, 6.45) is 0.639. The molecule has 0 bridgehead atoms. The molecule has 2 aliphatic rings. The van der Waals surface area contributed by atoms with Gasteiger partial charge in [-0.3, -0.25) is 4.79 Å². The molecule has 1 N–H and O–H groups in total. The third-order valence-corrected chi connectivity index (χ3v) is 2.94. The Kier molecular flexibility index (Phi) is 2.47. The molecule has 1 unspecified atom stereocenters. The van der Waals surface area contributed by atoms with Gasteiger partial charge in [0.25, 0.3) is 0 Å². The van der Waals surface area contributed by atoms with E-state index in [2.05, 4.69) is 0 Å². The summed E-state index contributed by atoms with van der Waals surface area (Å²) in [4.78, 5) is 13.1. The topological polar surface area (TPSA) is 59.0 Å². The summed E-state index contributed by atoms with van der Waals surface area (Å²) in [5.74, 6) is -2.25. The zero-order valence-electron chi connectivity index (χ0n) is 8.23. The molecule has 2 heterocycles. The molecule has 0 saturated carbocycles. The van der Waals surface area contributed by atoms with E-state index in [0.717, 1.165) is 6.54 Å². The lowest BCUT2D eigenvalue weighted by Crippen LogP contribution is -2.54. The fraction of sp³-hybridized carbons (Fsp3) is 0.889. The van der Waals surface area contributed by atoms with Crippen LogP contribution < -0.4 is 0 Å². The lowest BCUT2D eigenvalue weighted by molar-refractivity contribution is -0.225. The van der Waals surface area contributed by atoms with Crippen molar-refractivity contribution in [3.63, 3.8) is 0 Å². The molecule has 2 rings (SSSR count). The predicted octanol–water partition coefficient (Wildman–Crippen LogP) is -0.234. The van der Waals surface area contributed by atoms with Gasteiger partial charge in [0, 0.05) is 19.5 Å². The number of aliphatic carboxylic acids is 1. The highest BCUT2D eigenvalue weighted by atomic mass is 16.7. The second kappa shape index (κ2) is 3.49. The van der Waals surface area contributed by atoms with Crippen LogP contribution in [0.1, 0.15) is 6.42 Å². The number of rotatable bonds is 1. The second-order valence-electron chi connectivity index (χ2n) is 3.91. The summed E-state index contributed by atoms with van der Waals surface area (Å²) >= 11 is 0. The average molecular weight is 201 g/mol. The van der Waals surface area contributed by atoms with Crippen LogP contribution in [-0.4, -0.2) is 55.1 Å². The van der Waals surface area contributed by atoms with Crippen molar-refractivity contribution >= 4 is 5.97 Å². The van der Waals surface area contributed by atoms with Crippen molar-refractivity contribution in [3.05, 3.63) is 0 Å². The minimum absolute atomic E-state index is 0.495. The molecule has 80 valence electrons. The van der Waals surface area contributed by atoms with Crippen LogP contribution in [0.2, 0.25) is 0 Å². The summed E-state index contributed by atoms with van der Waals surface area (Å²) in [5.41, 5.74) is 0. The molecule has 14 heavy (non-hydrogen) atoms. The van der Waals surface area contributed by atoms with Gasteiger partial charge in [-0.2, -0.15) is 0 Å². The van der Waals surface area contributed by atoms with Crippen LogP contribution in [0.4, 0.5) is 0 Å². The first-order chi connectivity index (χ1) is 6.64. The van der Waals surface area contributed by atoms with Gasteiger partial charge in [0.1, 0.15) is 5.92 Å². The van der Waals surface area contributed by atoms with Gasteiger partial charge < -0.3 is 19.5 Å². The molecule has 0 aromatic rings. The number of piperidine rings is 1. The maximum atomic E-state index is 11.1. The maximum absolute atomic E-state index is 11.1. The van der Waals surface area contributed by atoms with Gasteiger partial charge in [0.15, 0.2) is 5.79 Å². The van der Waals surface area contributed by atoms with Gasteiger partial charge >= 0.3 is 5.97 Å². The molecule has 2 fully saturated rings. The summed E-state index contributed by atoms with van der Waals surface area (Å²) in [6, 6.07) is 0. The van der Waals surface area contributed by atoms with Gasteiger partial charge in [-0.1, -0.05) is 0 Å². The van der Waals surface area contributed by atoms with Gasteiger partial charge in [-0.15, -0.1) is 0 Å². The van der Waals surface area contributed by atoms with Crippen molar-refractivity contribution in [3.8, 4) is 0 Å². The molecule has 0 aromatic heterocycles. The Bertz CT molecular complexity index is 237. The number of hydrogen-bond donors (Lipinski definition) is 1. The SMILES string of the molecule is CN1CCC2(OCCO2)C(C(=O)O)C1. The molecule has 0 amide bonds. The van der Waals surface area contributed by atoms with Crippen molar-refractivity contribution < 1.29 is 19.4 Å². The zero-order chi connectivity index (χ0) is 10.2. The van der Waals surface area contributed by atoms with Crippen LogP contribution in [0.5, 0.6) is 0 Å². The number of carboxylic acids is 1.